The third kappa shape index (κ3) is 1.22. The van der Waals surface area contributed by atoms with E-state index in [-0.39, 0.29) is 0 Å². The van der Waals surface area contributed by atoms with Crippen LogP contribution in [0.3, 0.4) is 0 Å². The van der Waals surface area contributed by atoms with Gasteiger partial charge in [0.25, 0.3) is 0 Å². The lowest BCUT2D eigenvalue weighted by atomic mass is 10.1. The van der Waals surface area contributed by atoms with E-state index in [0.717, 1.165) is 0 Å². The maximum absolute atomic E-state index is 5.12. The number of fused-ring (bicyclic) bond motifs is 1. The summed E-state index contributed by atoms with van der Waals surface area (Å²) >= 11 is 0. The number of aromatic nitrogens is 1. The fraction of sp³-hybridized carbons (Fsp3) is 0.273. The van der Waals surface area contributed by atoms with Gasteiger partial charge in [-0.2, -0.15) is 0 Å². The van der Waals surface area contributed by atoms with Crippen LogP contribution in [0.2, 0.25) is 0 Å². The van der Waals surface area contributed by atoms with Gasteiger partial charge in [0.15, 0.2) is 0 Å². The predicted molar refractivity (Wildman–Crippen MR) is 56.6 cm³/mol. The highest BCUT2D eigenvalue weighted by Crippen LogP contribution is 2.24. The van der Waals surface area contributed by atoms with Gasteiger partial charge in [0.1, 0.15) is 0 Å². The second-order valence-electron chi connectivity index (χ2n) is 3.45. The molecule has 1 aromatic heterocycles. The Morgan fingerprint density at radius 3 is 2.79 bits per heavy atom. The van der Waals surface area contributed by atoms with Gasteiger partial charge in [0, 0.05) is 29.2 Å². The van der Waals surface area contributed by atoms with Crippen LogP contribution in [-0.4, -0.2) is 4.57 Å². The summed E-state index contributed by atoms with van der Waals surface area (Å²) in [5.41, 5.74) is 3.60. The molecule has 0 spiro atoms. The van der Waals surface area contributed by atoms with E-state index in [1.807, 2.05) is 12.1 Å². The number of nitrogens with two attached hydrogens (primary N) is 1. The van der Waals surface area contributed by atoms with Crippen molar-refractivity contribution >= 4 is 10.9 Å². The summed E-state index contributed by atoms with van der Waals surface area (Å²) in [6, 6.07) is 8.26. The first-order valence-electron chi connectivity index (χ1n) is 4.60. The summed E-state index contributed by atoms with van der Waals surface area (Å²) in [5.74, 6) is 5.12. The Labute approximate surface area is 83.0 Å². The zero-order valence-electron chi connectivity index (χ0n) is 8.45. The summed E-state index contributed by atoms with van der Waals surface area (Å²) in [7, 11) is 2.05. The van der Waals surface area contributed by atoms with Crippen LogP contribution in [0.4, 0.5) is 0 Å². The molecule has 14 heavy (non-hydrogen) atoms. The molecule has 1 aromatic carbocycles. The van der Waals surface area contributed by atoms with Crippen LogP contribution >= 0.6 is 0 Å². The molecule has 0 saturated heterocycles. The Balaban J connectivity index is 2.74. The van der Waals surface area contributed by atoms with Gasteiger partial charge in [-0.1, -0.05) is 18.2 Å². The molecule has 0 unspecified atom stereocenters. The third-order valence-electron chi connectivity index (χ3n) is 2.76. The molecule has 0 fully saturated rings. The van der Waals surface area contributed by atoms with Gasteiger partial charge in [0.05, 0.1) is 6.61 Å². The van der Waals surface area contributed by atoms with Crippen molar-refractivity contribution in [2.45, 2.75) is 13.5 Å². The monoisotopic (exact) mass is 190 g/mol. The first-order valence-corrected chi connectivity index (χ1v) is 4.60. The van der Waals surface area contributed by atoms with Crippen LogP contribution in [-0.2, 0) is 18.5 Å². The Hall–Kier alpha value is -1.32. The van der Waals surface area contributed by atoms with Crippen LogP contribution in [0.15, 0.2) is 24.3 Å². The second kappa shape index (κ2) is 3.44. The van der Waals surface area contributed by atoms with E-state index in [1.54, 1.807) is 0 Å². The number of rotatable bonds is 2. The van der Waals surface area contributed by atoms with E-state index in [9.17, 15) is 0 Å². The Morgan fingerprint density at radius 1 is 1.36 bits per heavy atom. The molecule has 2 aromatic rings. The number of hydrogen-bond acceptors (Lipinski definition) is 2. The average molecular weight is 190 g/mol. The average Bonchev–Trinajstić information content (AvgIpc) is 2.45. The molecule has 74 valence electrons. The van der Waals surface area contributed by atoms with Gasteiger partial charge in [0.2, 0.25) is 0 Å². The van der Waals surface area contributed by atoms with Gasteiger partial charge >= 0.3 is 0 Å². The van der Waals surface area contributed by atoms with Crippen LogP contribution in [0.1, 0.15) is 11.3 Å². The van der Waals surface area contributed by atoms with Crippen molar-refractivity contribution in [3.8, 4) is 0 Å². The number of benzene rings is 1. The highest BCUT2D eigenvalue weighted by atomic mass is 16.6. The Bertz CT molecular complexity index is 460. The molecule has 0 atom stereocenters. The van der Waals surface area contributed by atoms with Crippen molar-refractivity contribution in [2.75, 3.05) is 0 Å². The van der Waals surface area contributed by atoms with E-state index < -0.39 is 0 Å². The summed E-state index contributed by atoms with van der Waals surface area (Å²) in [6.45, 7) is 2.54. The summed E-state index contributed by atoms with van der Waals surface area (Å²) in [6.07, 6.45) is 0. The number of aryl methyl sites for hydroxylation is 1. The van der Waals surface area contributed by atoms with Crippen molar-refractivity contribution in [1.82, 2.24) is 4.57 Å². The predicted octanol–water partition coefficient (Wildman–Crippen LogP) is 1.88. The molecule has 0 saturated carbocycles. The summed E-state index contributed by atoms with van der Waals surface area (Å²) < 4.78 is 2.16. The third-order valence-corrected chi connectivity index (χ3v) is 2.76. The number of hydrogen-bond donors (Lipinski definition) is 1. The fourth-order valence-electron chi connectivity index (χ4n) is 1.86. The molecular weight excluding hydrogens is 176 g/mol. The van der Waals surface area contributed by atoms with Gasteiger partial charge in [-0.3, -0.25) is 4.84 Å². The minimum Gasteiger partial charge on any atom is -0.348 e. The molecule has 0 bridgehead atoms. The van der Waals surface area contributed by atoms with Crippen LogP contribution < -0.4 is 5.90 Å². The summed E-state index contributed by atoms with van der Waals surface area (Å²) in [4.78, 5) is 4.72. The maximum Gasteiger partial charge on any atom is 0.0953 e. The van der Waals surface area contributed by atoms with Crippen molar-refractivity contribution < 1.29 is 4.84 Å². The zero-order valence-corrected chi connectivity index (χ0v) is 8.45. The second-order valence-corrected chi connectivity index (χ2v) is 3.45. The number of nitrogens with zero attached hydrogens (tertiary/aromatic N) is 1. The zero-order chi connectivity index (χ0) is 10.1. The molecule has 2 N–H and O–H groups in total. The van der Waals surface area contributed by atoms with E-state index in [2.05, 4.69) is 30.7 Å². The van der Waals surface area contributed by atoms with Crippen molar-refractivity contribution in [3.05, 3.63) is 35.5 Å². The standard InChI is InChI=1S/C11H14N2O/c1-8-10(7-14-12)9-5-3-4-6-11(9)13(8)2/h3-6H,7,12H2,1-2H3. The maximum atomic E-state index is 5.12. The van der Waals surface area contributed by atoms with Crippen LogP contribution in [0.5, 0.6) is 0 Å². The minimum absolute atomic E-state index is 0.465. The van der Waals surface area contributed by atoms with E-state index in [1.165, 1.54) is 22.2 Å². The van der Waals surface area contributed by atoms with Gasteiger partial charge in [-0.15, -0.1) is 0 Å². The lowest BCUT2D eigenvalue weighted by Gasteiger charge is -1.99. The minimum atomic E-state index is 0.465. The molecule has 2 rings (SSSR count). The Kier molecular flexibility index (Phi) is 2.27. The molecule has 3 heteroatoms. The summed E-state index contributed by atoms with van der Waals surface area (Å²) in [5, 5.41) is 1.22. The molecule has 3 nitrogen and oxygen atoms in total. The molecular formula is C11H14N2O. The largest absolute Gasteiger partial charge is 0.348 e. The number of para-hydroxylation sites is 1. The first-order chi connectivity index (χ1) is 6.75. The van der Waals surface area contributed by atoms with Gasteiger partial charge in [-0.25, -0.2) is 5.90 Å². The smallest absolute Gasteiger partial charge is 0.0953 e. The quantitative estimate of drug-likeness (QED) is 0.734. The lowest BCUT2D eigenvalue weighted by molar-refractivity contribution is 0.124. The molecule has 0 amide bonds. The molecule has 0 aliphatic rings. The van der Waals surface area contributed by atoms with E-state index in [0.29, 0.717) is 6.61 Å². The van der Waals surface area contributed by atoms with Gasteiger partial charge < -0.3 is 4.57 Å². The highest BCUT2D eigenvalue weighted by Gasteiger charge is 2.10. The Morgan fingerprint density at radius 2 is 2.07 bits per heavy atom. The topological polar surface area (TPSA) is 40.2 Å². The SMILES string of the molecule is Cc1c(CON)c2ccccc2n1C. The van der Waals surface area contributed by atoms with E-state index >= 15 is 0 Å². The van der Waals surface area contributed by atoms with Crippen molar-refractivity contribution in [3.63, 3.8) is 0 Å². The molecule has 1 heterocycles. The van der Waals surface area contributed by atoms with Gasteiger partial charge in [-0.05, 0) is 13.0 Å². The fourth-order valence-corrected chi connectivity index (χ4v) is 1.86. The highest BCUT2D eigenvalue weighted by molar-refractivity contribution is 5.85. The van der Waals surface area contributed by atoms with Crippen molar-refractivity contribution in [2.24, 2.45) is 12.9 Å². The van der Waals surface area contributed by atoms with Crippen molar-refractivity contribution in [1.29, 1.82) is 0 Å². The molecule has 0 aliphatic heterocycles. The normalized spacial score (nSPS) is 11.1. The van der Waals surface area contributed by atoms with Crippen LogP contribution in [0.25, 0.3) is 10.9 Å². The molecule has 0 aliphatic carbocycles. The lowest BCUT2D eigenvalue weighted by Crippen LogP contribution is -2.00. The van der Waals surface area contributed by atoms with E-state index in [4.69, 9.17) is 10.7 Å². The van der Waals surface area contributed by atoms with Crippen LogP contribution in [0, 0.1) is 6.92 Å². The molecule has 0 radical (unpaired) electrons. The first kappa shape index (κ1) is 9.24.